The van der Waals surface area contributed by atoms with Crippen LogP contribution in [-0.2, 0) is 0 Å². The van der Waals surface area contributed by atoms with E-state index in [9.17, 15) is 0 Å². The van der Waals surface area contributed by atoms with Gasteiger partial charge in [0.05, 0.1) is 0 Å². The standard InChI is InChI=1S/C6H11N3/c1-3-5-8-6(4-2)9-7/h3-5,9H,1,7H2,2H3/b6-4+,8-5-. The van der Waals surface area contributed by atoms with Gasteiger partial charge in [-0.15, -0.1) is 0 Å². The van der Waals surface area contributed by atoms with Gasteiger partial charge in [-0.05, 0) is 13.0 Å². The fourth-order valence-corrected chi connectivity index (χ4v) is 0.328. The molecule has 0 heterocycles. The first-order chi connectivity index (χ1) is 4.35. The second-order valence-electron chi connectivity index (χ2n) is 1.33. The van der Waals surface area contributed by atoms with Crippen molar-refractivity contribution in [3.63, 3.8) is 0 Å². The summed E-state index contributed by atoms with van der Waals surface area (Å²) in [7, 11) is 0. The Morgan fingerprint density at radius 1 is 1.78 bits per heavy atom. The summed E-state index contributed by atoms with van der Waals surface area (Å²) in [5, 5.41) is 0. The van der Waals surface area contributed by atoms with Gasteiger partial charge in [-0.25, -0.2) is 10.8 Å². The molecule has 0 rings (SSSR count). The highest BCUT2D eigenvalue weighted by atomic mass is 15.3. The molecular weight excluding hydrogens is 114 g/mol. The number of allylic oxidation sites excluding steroid dienone is 2. The van der Waals surface area contributed by atoms with Crippen LogP contribution in [0, 0.1) is 0 Å². The molecule has 0 atom stereocenters. The van der Waals surface area contributed by atoms with Gasteiger partial charge in [-0.3, -0.25) is 0 Å². The molecule has 0 amide bonds. The van der Waals surface area contributed by atoms with Gasteiger partial charge in [0.1, 0.15) is 5.82 Å². The highest BCUT2D eigenvalue weighted by Crippen LogP contribution is 1.84. The zero-order valence-corrected chi connectivity index (χ0v) is 5.46. The van der Waals surface area contributed by atoms with Gasteiger partial charge in [-0.1, -0.05) is 12.7 Å². The van der Waals surface area contributed by atoms with Crippen molar-refractivity contribution >= 4 is 6.21 Å². The van der Waals surface area contributed by atoms with Crippen molar-refractivity contribution in [3.05, 3.63) is 24.6 Å². The number of nitrogens with two attached hydrogens (primary N) is 1. The number of aliphatic imine (C=N–C) groups is 1. The van der Waals surface area contributed by atoms with E-state index in [0.717, 1.165) is 0 Å². The van der Waals surface area contributed by atoms with Gasteiger partial charge in [0.15, 0.2) is 0 Å². The average molecular weight is 125 g/mol. The zero-order valence-electron chi connectivity index (χ0n) is 5.46. The van der Waals surface area contributed by atoms with Crippen LogP contribution >= 0.6 is 0 Å². The summed E-state index contributed by atoms with van der Waals surface area (Å²) in [6.45, 7) is 5.30. The molecule has 0 bridgehead atoms. The van der Waals surface area contributed by atoms with E-state index in [1.807, 2.05) is 6.92 Å². The van der Waals surface area contributed by atoms with Crippen LogP contribution in [0.5, 0.6) is 0 Å². The highest BCUT2D eigenvalue weighted by molar-refractivity contribution is 5.71. The number of nitrogens with one attached hydrogen (secondary N) is 1. The highest BCUT2D eigenvalue weighted by Gasteiger charge is 1.79. The lowest BCUT2D eigenvalue weighted by molar-refractivity contribution is 0.868. The fraction of sp³-hybridized carbons (Fsp3) is 0.167. The first-order valence-electron chi connectivity index (χ1n) is 2.63. The van der Waals surface area contributed by atoms with Crippen LogP contribution < -0.4 is 11.3 Å². The van der Waals surface area contributed by atoms with E-state index < -0.39 is 0 Å². The summed E-state index contributed by atoms with van der Waals surface area (Å²) in [5.74, 6) is 5.69. The Labute approximate surface area is 54.9 Å². The van der Waals surface area contributed by atoms with Crippen molar-refractivity contribution in [2.24, 2.45) is 10.8 Å². The van der Waals surface area contributed by atoms with Crippen LogP contribution in [0.1, 0.15) is 6.92 Å². The maximum Gasteiger partial charge on any atom is 0.135 e. The summed E-state index contributed by atoms with van der Waals surface area (Å²) in [4.78, 5) is 3.86. The summed E-state index contributed by atoms with van der Waals surface area (Å²) in [6.07, 6.45) is 4.91. The lowest BCUT2D eigenvalue weighted by atomic mass is 10.6. The molecule has 0 aromatic heterocycles. The van der Waals surface area contributed by atoms with Crippen molar-refractivity contribution in [1.29, 1.82) is 0 Å². The minimum atomic E-state index is 0.634. The van der Waals surface area contributed by atoms with Gasteiger partial charge in [0.2, 0.25) is 0 Å². The van der Waals surface area contributed by atoms with Crippen LogP contribution in [-0.4, -0.2) is 6.21 Å². The Hall–Kier alpha value is -1.09. The van der Waals surface area contributed by atoms with Crippen molar-refractivity contribution in [3.8, 4) is 0 Å². The zero-order chi connectivity index (χ0) is 7.11. The minimum absolute atomic E-state index is 0.634. The van der Waals surface area contributed by atoms with Crippen molar-refractivity contribution in [2.75, 3.05) is 0 Å². The fourth-order valence-electron chi connectivity index (χ4n) is 0.328. The summed E-state index contributed by atoms with van der Waals surface area (Å²) in [5.41, 5.74) is 2.40. The maximum absolute atomic E-state index is 5.06. The molecule has 3 nitrogen and oxygen atoms in total. The molecule has 0 aliphatic carbocycles. The second-order valence-corrected chi connectivity index (χ2v) is 1.33. The topological polar surface area (TPSA) is 50.4 Å². The molecule has 0 fully saturated rings. The third-order valence-corrected chi connectivity index (χ3v) is 0.740. The molecule has 0 spiro atoms. The Morgan fingerprint density at radius 3 is 2.78 bits per heavy atom. The Kier molecular flexibility index (Phi) is 4.44. The predicted molar refractivity (Wildman–Crippen MR) is 39.8 cm³/mol. The first-order valence-corrected chi connectivity index (χ1v) is 2.63. The maximum atomic E-state index is 5.06. The molecule has 0 aliphatic heterocycles. The van der Waals surface area contributed by atoms with Gasteiger partial charge in [0, 0.05) is 6.21 Å². The van der Waals surface area contributed by atoms with E-state index in [4.69, 9.17) is 5.84 Å². The van der Waals surface area contributed by atoms with Crippen LogP contribution in [0.25, 0.3) is 0 Å². The molecule has 9 heavy (non-hydrogen) atoms. The molecule has 3 N–H and O–H groups in total. The normalized spacial score (nSPS) is 12.0. The second kappa shape index (κ2) is 5.05. The van der Waals surface area contributed by atoms with Gasteiger partial charge in [0.25, 0.3) is 0 Å². The average Bonchev–Trinajstić information content (AvgIpc) is 1.91. The molecule has 0 aromatic rings. The first kappa shape index (κ1) is 7.91. The van der Waals surface area contributed by atoms with Crippen LogP contribution in [0.3, 0.4) is 0 Å². The van der Waals surface area contributed by atoms with Crippen molar-refractivity contribution in [1.82, 2.24) is 5.43 Å². The van der Waals surface area contributed by atoms with E-state index >= 15 is 0 Å². The quantitative estimate of drug-likeness (QED) is 0.329. The molecule has 0 aromatic carbocycles. The Bertz CT molecular complexity index is 135. The van der Waals surface area contributed by atoms with E-state index in [1.165, 1.54) is 0 Å². The summed E-state index contributed by atoms with van der Waals surface area (Å²) < 4.78 is 0. The third kappa shape index (κ3) is 3.49. The Balaban J connectivity index is 3.84. The van der Waals surface area contributed by atoms with Crippen LogP contribution in [0.4, 0.5) is 0 Å². The lowest BCUT2D eigenvalue weighted by Crippen LogP contribution is -2.19. The van der Waals surface area contributed by atoms with E-state index in [2.05, 4.69) is 17.0 Å². The Morgan fingerprint density at radius 2 is 2.44 bits per heavy atom. The van der Waals surface area contributed by atoms with E-state index in [-0.39, 0.29) is 0 Å². The number of rotatable bonds is 3. The molecule has 3 heteroatoms. The lowest BCUT2D eigenvalue weighted by Gasteiger charge is -1.94. The van der Waals surface area contributed by atoms with Gasteiger partial charge < -0.3 is 5.43 Å². The van der Waals surface area contributed by atoms with Crippen molar-refractivity contribution < 1.29 is 0 Å². The number of hydrogen-bond donors (Lipinski definition) is 2. The summed E-state index contributed by atoms with van der Waals surface area (Å²) >= 11 is 0. The summed E-state index contributed by atoms with van der Waals surface area (Å²) in [6, 6.07) is 0. The molecule has 0 saturated carbocycles. The molecule has 0 aliphatic rings. The third-order valence-electron chi connectivity index (χ3n) is 0.740. The molecule has 0 radical (unpaired) electrons. The monoisotopic (exact) mass is 125 g/mol. The van der Waals surface area contributed by atoms with Crippen LogP contribution in [0.2, 0.25) is 0 Å². The molecule has 0 saturated heterocycles. The van der Waals surface area contributed by atoms with E-state index in [0.29, 0.717) is 5.82 Å². The molecular formula is C6H11N3. The van der Waals surface area contributed by atoms with Crippen molar-refractivity contribution in [2.45, 2.75) is 6.92 Å². The number of nitrogens with zero attached hydrogens (tertiary/aromatic N) is 1. The SMILES string of the molecule is C=C/C=N\C(=C/C)NN. The molecule has 50 valence electrons. The van der Waals surface area contributed by atoms with E-state index in [1.54, 1.807) is 18.4 Å². The minimum Gasteiger partial charge on any atom is -0.309 e. The molecule has 0 unspecified atom stereocenters. The largest absolute Gasteiger partial charge is 0.309 e. The number of hydrogen-bond acceptors (Lipinski definition) is 3. The smallest absolute Gasteiger partial charge is 0.135 e. The van der Waals surface area contributed by atoms with Crippen LogP contribution in [0.15, 0.2) is 29.5 Å². The van der Waals surface area contributed by atoms with Gasteiger partial charge in [-0.2, -0.15) is 0 Å². The van der Waals surface area contributed by atoms with Gasteiger partial charge >= 0.3 is 0 Å². The predicted octanol–water partition coefficient (Wildman–Crippen LogP) is 0.568. The number of hydrazine groups is 1.